The third-order valence-corrected chi connectivity index (χ3v) is 2.46. The van der Waals surface area contributed by atoms with Crippen LogP contribution < -0.4 is 11.2 Å². The summed E-state index contributed by atoms with van der Waals surface area (Å²) in [6.45, 7) is 1.97. The molecule has 0 aliphatic carbocycles. The Kier molecular flexibility index (Phi) is 2.70. The second kappa shape index (κ2) is 4.00. The zero-order chi connectivity index (χ0) is 10.8. The first kappa shape index (κ1) is 10.1. The van der Waals surface area contributed by atoms with Gasteiger partial charge in [0.2, 0.25) is 0 Å². The number of ether oxygens (including phenoxy) is 1. The van der Waals surface area contributed by atoms with Crippen molar-refractivity contribution in [2.45, 2.75) is 32.1 Å². The molecule has 0 radical (unpaired) electrons. The molecule has 2 rings (SSSR count). The lowest BCUT2D eigenvalue weighted by molar-refractivity contribution is 0.00802. The van der Waals surface area contributed by atoms with Crippen LogP contribution in [0.3, 0.4) is 0 Å². The van der Waals surface area contributed by atoms with Gasteiger partial charge in [-0.1, -0.05) is 0 Å². The minimum Gasteiger partial charge on any atom is -0.355 e. The highest BCUT2D eigenvalue weighted by Crippen LogP contribution is 2.26. The average molecular weight is 211 g/mol. The van der Waals surface area contributed by atoms with Gasteiger partial charge in [-0.05, 0) is 25.8 Å². The standard InChI is InChI=1S/C9H13N3O3/c1-6-2-3-8(15-6)12-5-4-7(11-14)10-9(12)13/h4-6,8,14H,2-3H2,1H3,(H,10,11,13). The fraction of sp³-hybridized carbons (Fsp3) is 0.556. The van der Waals surface area contributed by atoms with Crippen molar-refractivity contribution in [2.75, 3.05) is 5.48 Å². The van der Waals surface area contributed by atoms with E-state index in [1.807, 2.05) is 12.4 Å². The second-order valence-electron chi connectivity index (χ2n) is 3.59. The summed E-state index contributed by atoms with van der Waals surface area (Å²) in [6.07, 6.45) is 3.27. The zero-order valence-electron chi connectivity index (χ0n) is 8.38. The van der Waals surface area contributed by atoms with Gasteiger partial charge >= 0.3 is 5.69 Å². The molecule has 2 unspecified atom stereocenters. The normalized spacial score (nSPS) is 25.5. The highest BCUT2D eigenvalue weighted by molar-refractivity contribution is 5.27. The summed E-state index contributed by atoms with van der Waals surface area (Å²) in [5.41, 5.74) is 1.41. The Labute approximate surface area is 86.5 Å². The third kappa shape index (κ3) is 2.00. The molecule has 1 saturated heterocycles. The molecule has 1 aromatic heterocycles. The van der Waals surface area contributed by atoms with Gasteiger partial charge in [-0.2, -0.15) is 4.98 Å². The average Bonchev–Trinajstić information content (AvgIpc) is 2.64. The summed E-state index contributed by atoms with van der Waals surface area (Å²) in [5, 5.41) is 8.57. The maximum Gasteiger partial charge on any atom is 0.351 e. The van der Waals surface area contributed by atoms with E-state index in [1.165, 1.54) is 10.6 Å². The van der Waals surface area contributed by atoms with E-state index in [0.29, 0.717) is 0 Å². The Morgan fingerprint density at radius 3 is 3.00 bits per heavy atom. The summed E-state index contributed by atoms with van der Waals surface area (Å²) in [7, 11) is 0. The van der Waals surface area contributed by atoms with Crippen molar-refractivity contribution in [1.82, 2.24) is 9.55 Å². The predicted octanol–water partition coefficient (Wildman–Crippen LogP) is 0.742. The van der Waals surface area contributed by atoms with Gasteiger partial charge < -0.3 is 4.74 Å². The summed E-state index contributed by atoms with van der Waals surface area (Å²) < 4.78 is 6.98. The smallest absolute Gasteiger partial charge is 0.351 e. The largest absolute Gasteiger partial charge is 0.355 e. The molecule has 1 fully saturated rings. The number of nitrogens with zero attached hydrogens (tertiary/aromatic N) is 2. The molecule has 1 aliphatic rings. The van der Waals surface area contributed by atoms with Crippen LogP contribution in [0.15, 0.2) is 17.1 Å². The van der Waals surface area contributed by atoms with Crippen LogP contribution >= 0.6 is 0 Å². The predicted molar refractivity (Wildman–Crippen MR) is 52.7 cm³/mol. The van der Waals surface area contributed by atoms with Gasteiger partial charge in [-0.25, -0.2) is 4.79 Å². The minimum atomic E-state index is -0.423. The van der Waals surface area contributed by atoms with Gasteiger partial charge in [-0.15, -0.1) is 0 Å². The Hall–Kier alpha value is -1.40. The number of rotatable bonds is 2. The zero-order valence-corrected chi connectivity index (χ0v) is 8.38. The highest BCUT2D eigenvalue weighted by atomic mass is 16.5. The Morgan fingerprint density at radius 2 is 2.47 bits per heavy atom. The quantitative estimate of drug-likeness (QED) is 0.705. The third-order valence-electron chi connectivity index (χ3n) is 2.46. The molecular weight excluding hydrogens is 198 g/mol. The molecule has 6 heteroatoms. The van der Waals surface area contributed by atoms with Gasteiger partial charge in [0.15, 0.2) is 5.82 Å². The highest BCUT2D eigenvalue weighted by Gasteiger charge is 2.24. The molecule has 1 aliphatic heterocycles. The number of anilines is 1. The number of hydrogen-bond acceptors (Lipinski definition) is 5. The topological polar surface area (TPSA) is 76.4 Å². The van der Waals surface area contributed by atoms with Gasteiger partial charge in [0, 0.05) is 6.20 Å². The van der Waals surface area contributed by atoms with Gasteiger partial charge in [-0.3, -0.25) is 15.3 Å². The number of hydrogen-bond donors (Lipinski definition) is 2. The molecule has 2 atom stereocenters. The molecule has 2 heterocycles. The fourth-order valence-electron chi connectivity index (χ4n) is 1.68. The van der Waals surface area contributed by atoms with Crippen molar-refractivity contribution < 1.29 is 9.94 Å². The SMILES string of the molecule is CC1CCC(n2ccc(NO)nc2=O)O1. The van der Waals surface area contributed by atoms with Gasteiger partial charge in [0.05, 0.1) is 6.10 Å². The Balaban J connectivity index is 2.26. The van der Waals surface area contributed by atoms with Crippen LogP contribution in [-0.4, -0.2) is 20.9 Å². The van der Waals surface area contributed by atoms with Crippen LogP contribution in [0.2, 0.25) is 0 Å². The molecule has 0 amide bonds. The van der Waals surface area contributed by atoms with Crippen LogP contribution in [0.25, 0.3) is 0 Å². The fourth-order valence-corrected chi connectivity index (χ4v) is 1.68. The molecule has 0 saturated carbocycles. The van der Waals surface area contributed by atoms with E-state index in [-0.39, 0.29) is 18.1 Å². The first-order valence-corrected chi connectivity index (χ1v) is 4.85. The van der Waals surface area contributed by atoms with E-state index < -0.39 is 5.69 Å². The maximum absolute atomic E-state index is 11.5. The first-order valence-electron chi connectivity index (χ1n) is 4.85. The molecule has 0 bridgehead atoms. The summed E-state index contributed by atoms with van der Waals surface area (Å²) in [6, 6.07) is 1.52. The summed E-state index contributed by atoms with van der Waals surface area (Å²) in [5.74, 6) is 0.141. The molecule has 0 spiro atoms. The molecule has 15 heavy (non-hydrogen) atoms. The maximum atomic E-state index is 11.5. The lowest BCUT2D eigenvalue weighted by atomic mass is 10.2. The second-order valence-corrected chi connectivity index (χ2v) is 3.59. The molecule has 82 valence electrons. The number of nitrogens with one attached hydrogen (secondary N) is 1. The van der Waals surface area contributed by atoms with Crippen molar-refractivity contribution in [1.29, 1.82) is 0 Å². The van der Waals surface area contributed by atoms with Gasteiger partial charge in [0.1, 0.15) is 6.23 Å². The van der Waals surface area contributed by atoms with Gasteiger partial charge in [0.25, 0.3) is 0 Å². The molecule has 1 aromatic rings. The van der Waals surface area contributed by atoms with E-state index in [4.69, 9.17) is 9.94 Å². The van der Waals surface area contributed by atoms with Crippen LogP contribution in [0.1, 0.15) is 26.0 Å². The Morgan fingerprint density at radius 1 is 1.67 bits per heavy atom. The van der Waals surface area contributed by atoms with Crippen molar-refractivity contribution >= 4 is 5.82 Å². The van der Waals surface area contributed by atoms with E-state index in [1.54, 1.807) is 6.20 Å². The van der Waals surface area contributed by atoms with E-state index in [0.717, 1.165) is 12.8 Å². The van der Waals surface area contributed by atoms with Crippen LogP contribution in [0.4, 0.5) is 5.82 Å². The van der Waals surface area contributed by atoms with Crippen LogP contribution in [0, 0.1) is 0 Å². The van der Waals surface area contributed by atoms with Crippen LogP contribution in [-0.2, 0) is 4.74 Å². The lowest BCUT2D eigenvalue weighted by Crippen LogP contribution is -2.27. The van der Waals surface area contributed by atoms with E-state index in [9.17, 15) is 4.79 Å². The molecule has 0 aromatic carbocycles. The van der Waals surface area contributed by atoms with Crippen LogP contribution in [0.5, 0.6) is 0 Å². The summed E-state index contributed by atoms with van der Waals surface area (Å²) in [4.78, 5) is 15.1. The van der Waals surface area contributed by atoms with E-state index >= 15 is 0 Å². The molecular formula is C9H13N3O3. The van der Waals surface area contributed by atoms with Crippen molar-refractivity contribution in [3.8, 4) is 0 Å². The minimum absolute atomic E-state index is 0.141. The lowest BCUT2D eigenvalue weighted by Gasteiger charge is -2.13. The summed E-state index contributed by atoms with van der Waals surface area (Å²) >= 11 is 0. The molecule has 2 N–H and O–H groups in total. The Bertz CT molecular complexity index is 404. The first-order chi connectivity index (χ1) is 7.20. The van der Waals surface area contributed by atoms with Crippen molar-refractivity contribution in [2.24, 2.45) is 0 Å². The molecule has 6 nitrogen and oxygen atoms in total. The van der Waals surface area contributed by atoms with Crippen molar-refractivity contribution in [3.05, 3.63) is 22.7 Å². The van der Waals surface area contributed by atoms with Crippen molar-refractivity contribution in [3.63, 3.8) is 0 Å². The van der Waals surface area contributed by atoms with E-state index in [2.05, 4.69) is 4.98 Å². The monoisotopic (exact) mass is 211 g/mol. The number of aromatic nitrogens is 2.